The molecule has 2 N–H and O–H groups in total. The van der Waals surface area contributed by atoms with Crippen LogP contribution in [0.15, 0.2) is 60.7 Å². The van der Waals surface area contributed by atoms with Crippen molar-refractivity contribution in [1.82, 2.24) is 4.90 Å². The summed E-state index contributed by atoms with van der Waals surface area (Å²) in [7, 11) is 1.80. The van der Waals surface area contributed by atoms with Crippen LogP contribution in [-0.2, 0) is 10.3 Å². The third kappa shape index (κ3) is 3.14. The molecule has 2 aromatic carbocycles. The van der Waals surface area contributed by atoms with Crippen molar-refractivity contribution in [3.05, 3.63) is 71.8 Å². The second-order valence-electron chi connectivity index (χ2n) is 5.57. The molecule has 0 radical (unpaired) electrons. The minimum absolute atomic E-state index is 0.0229. The van der Waals surface area contributed by atoms with E-state index in [0.717, 1.165) is 11.1 Å². The summed E-state index contributed by atoms with van der Waals surface area (Å²) in [6.45, 7) is 3.77. The lowest BCUT2D eigenvalue weighted by Gasteiger charge is -2.33. The van der Waals surface area contributed by atoms with Gasteiger partial charge in [0.1, 0.15) is 5.54 Å². The molecule has 0 saturated heterocycles. The first-order valence-corrected chi connectivity index (χ1v) is 7.11. The third-order valence-corrected chi connectivity index (χ3v) is 4.00. The number of amides is 1. The van der Waals surface area contributed by atoms with Crippen molar-refractivity contribution >= 4 is 5.91 Å². The van der Waals surface area contributed by atoms with E-state index in [4.69, 9.17) is 5.73 Å². The molecule has 2 rings (SSSR count). The standard InChI is InChI=1S/C18H22N2O/c1-14(15-10-6-4-7-11-15)20(3)17(21)18(2,19)16-12-8-5-9-13-16/h4-14H,19H2,1-3H3. The van der Waals surface area contributed by atoms with E-state index in [0.29, 0.717) is 0 Å². The van der Waals surface area contributed by atoms with E-state index in [9.17, 15) is 4.79 Å². The first-order chi connectivity index (χ1) is 9.94. The Kier molecular flexibility index (Phi) is 4.43. The van der Waals surface area contributed by atoms with Gasteiger partial charge >= 0.3 is 0 Å². The summed E-state index contributed by atoms with van der Waals surface area (Å²) in [5, 5.41) is 0. The number of hydrogen-bond donors (Lipinski definition) is 1. The van der Waals surface area contributed by atoms with E-state index < -0.39 is 5.54 Å². The first kappa shape index (κ1) is 15.3. The molecule has 0 spiro atoms. The number of rotatable bonds is 4. The van der Waals surface area contributed by atoms with E-state index in [1.165, 1.54) is 0 Å². The normalized spacial score (nSPS) is 15.0. The highest BCUT2D eigenvalue weighted by Gasteiger charge is 2.34. The Morgan fingerprint density at radius 1 is 1.05 bits per heavy atom. The van der Waals surface area contributed by atoms with Gasteiger partial charge in [0.15, 0.2) is 0 Å². The Balaban J connectivity index is 2.23. The molecule has 0 aliphatic rings. The fourth-order valence-corrected chi connectivity index (χ4v) is 2.41. The maximum Gasteiger partial charge on any atom is 0.247 e. The largest absolute Gasteiger partial charge is 0.337 e. The lowest BCUT2D eigenvalue weighted by atomic mass is 9.91. The van der Waals surface area contributed by atoms with Gasteiger partial charge < -0.3 is 10.6 Å². The summed E-state index contributed by atoms with van der Waals surface area (Å²) in [6, 6.07) is 19.4. The van der Waals surface area contributed by atoms with Gasteiger partial charge in [0, 0.05) is 7.05 Å². The predicted molar refractivity (Wildman–Crippen MR) is 85.6 cm³/mol. The summed E-state index contributed by atoms with van der Waals surface area (Å²) in [5.41, 5.74) is 7.19. The topological polar surface area (TPSA) is 46.3 Å². The molecule has 3 nitrogen and oxygen atoms in total. The average Bonchev–Trinajstić information content (AvgIpc) is 2.54. The van der Waals surface area contributed by atoms with Crippen LogP contribution >= 0.6 is 0 Å². The molecule has 0 aliphatic carbocycles. The zero-order valence-electron chi connectivity index (χ0n) is 12.8. The first-order valence-electron chi connectivity index (χ1n) is 7.11. The monoisotopic (exact) mass is 282 g/mol. The SMILES string of the molecule is CC(c1ccccc1)N(C)C(=O)C(C)(N)c1ccccc1. The van der Waals surface area contributed by atoms with Crippen LogP contribution in [0, 0.1) is 0 Å². The Hall–Kier alpha value is -2.13. The molecule has 2 unspecified atom stereocenters. The van der Waals surface area contributed by atoms with Gasteiger partial charge in [-0.3, -0.25) is 4.79 Å². The number of carbonyl (C=O) groups is 1. The average molecular weight is 282 g/mol. The van der Waals surface area contributed by atoms with E-state index in [1.54, 1.807) is 18.9 Å². The maximum atomic E-state index is 12.8. The second kappa shape index (κ2) is 6.10. The van der Waals surface area contributed by atoms with Gasteiger partial charge in [0.2, 0.25) is 5.91 Å². The van der Waals surface area contributed by atoms with Crippen LogP contribution in [0.1, 0.15) is 31.0 Å². The van der Waals surface area contributed by atoms with E-state index in [-0.39, 0.29) is 11.9 Å². The molecule has 0 fully saturated rings. The number of benzene rings is 2. The third-order valence-electron chi connectivity index (χ3n) is 4.00. The molecule has 0 aliphatic heterocycles. The molecule has 0 heterocycles. The fraction of sp³-hybridized carbons (Fsp3) is 0.278. The summed E-state index contributed by atoms with van der Waals surface area (Å²) >= 11 is 0. The minimum Gasteiger partial charge on any atom is -0.337 e. The second-order valence-corrected chi connectivity index (χ2v) is 5.57. The molecular weight excluding hydrogens is 260 g/mol. The van der Waals surface area contributed by atoms with Crippen LogP contribution in [0.3, 0.4) is 0 Å². The van der Waals surface area contributed by atoms with Gasteiger partial charge in [-0.15, -0.1) is 0 Å². The van der Waals surface area contributed by atoms with Crippen LogP contribution in [-0.4, -0.2) is 17.9 Å². The van der Waals surface area contributed by atoms with Crippen molar-refractivity contribution in [3.8, 4) is 0 Å². The Bertz CT molecular complexity index is 593. The summed E-state index contributed by atoms with van der Waals surface area (Å²) in [5.74, 6) is -0.0925. The number of nitrogens with zero attached hydrogens (tertiary/aromatic N) is 1. The van der Waals surface area contributed by atoms with Crippen LogP contribution in [0.25, 0.3) is 0 Å². The fourth-order valence-electron chi connectivity index (χ4n) is 2.41. The van der Waals surface area contributed by atoms with Gasteiger partial charge in [0.25, 0.3) is 0 Å². The predicted octanol–water partition coefficient (Wildman–Crippen LogP) is 3.08. The van der Waals surface area contributed by atoms with Gasteiger partial charge in [-0.1, -0.05) is 60.7 Å². The van der Waals surface area contributed by atoms with Gasteiger partial charge in [-0.2, -0.15) is 0 Å². The summed E-state index contributed by atoms with van der Waals surface area (Å²) in [6.07, 6.45) is 0. The quantitative estimate of drug-likeness (QED) is 0.936. The molecule has 21 heavy (non-hydrogen) atoms. The van der Waals surface area contributed by atoms with Crippen molar-refractivity contribution in [2.75, 3.05) is 7.05 Å². The van der Waals surface area contributed by atoms with Crippen LogP contribution < -0.4 is 5.73 Å². The molecule has 0 aromatic heterocycles. The van der Waals surface area contributed by atoms with Crippen molar-refractivity contribution < 1.29 is 4.79 Å². The zero-order valence-corrected chi connectivity index (χ0v) is 12.8. The molecule has 2 atom stereocenters. The lowest BCUT2D eigenvalue weighted by Crippen LogP contribution is -2.50. The van der Waals surface area contributed by atoms with E-state index in [1.807, 2.05) is 67.6 Å². The molecular formula is C18H22N2O. The van der Waals surface area contributed by atoms with Gasteiger partial charge in [-0.25, -0.2) is 0 Å². The van der Waals surface area contributed by atoms with Crippen molar-refractivity contribution in [1.29, 1.82) is 0 Å². The summed E-state index contributed by atoms with van der Waals surface area (Å²) < 4.78 is 0. The van der Waals surface area contributed by atoms with E-state index >= 15 is 0 Å². The Morgan fingerprint density at radius 2 is 1.52 bits per heavy atom. The summed E-state index contributed by atoms with van der Waals surface area (Å²) in [4.78, 5) is 14.5. The molecule has 0 saturated carbocycles. The Labute approximate surface area is 126 Å². The molecule has 0 bridgehead atoms. The highest BCUT2D eigenvalue weighted by Crippen LogP contribution is 2.25. The van der Waals surface area contributed by atoms with Crippen molar-refractivity contribution in [3.63, 3.8) is 0 Å². The molecule has 2 aromatic rings. The maximum absolute atomic E-state index is 12.8. The van der Waals surface area contributed by atoms with Gasteiger partial charge in [-0.05, 0) is 25.0 Å². The Morgan fingerprint density at radius 3 is 2.05 bits per heavy atom. The van der Waals surface area contributed by atoms with Crippen molar-refractivity contribution in [2.24, 2.45) is 5.73 Å². The van der Waals surface area contributed by atoms with Crippen molar-refractivity contribution in [2.45, 2.75) is 25.4 Å². The molecule has 110 valence electrons. The lowest BCUT2D eigenvalue weighted by molar-refractivity contribution is -0.137. The number of hydrogen-bond acceptors (Lipinski definition) is 2. The van der Waals surface area contributed by atoms with Crippen LogP contribution in [0.4, 0.5) is 0 Å². The van der Waals surface area contributed by atoms with Crippen LogP contribution in [0.2, 0.25) is 0 Å². The number of nitrogens with two attached hydrogens (primary N) is 1. The molecule has 1 amide bonds. The highest BCUT2D eigenvalue weighted by molar-refractivity contribution is 5.87. The molecule has 3 heteroatoms. The van der Waals surface area contributed by atoms with Crippen LogP contribution in [0.5, 0.6) is 0 Å². The van der Waals surface area contributed by atoms with E-state index in [2.05, 4.69) is 0 Å². The zero-order chi connectivity index (χ0) is 15.5. The number of likely N-dealkylation sites (N-methyl/N-ethyl adjacent to an activating group) is 1. The highest BCUT2D eigenvalue weighted by atomic mass is 16.2. The number of carbonyl (C=O) groups excluding carboxylic acids is 1. The minimum atomic E-state index is -1.03. The van der Waals surface area contributed by atoms with Gasteiger partial charge in [0.05, 0.1) is 6.04 Å². The smallest absolute Gasteiger partial charge is 0.247 e.